The molecule has 0 bridgehead atoms. The maximum atomic E-state index is 13.0. The zero-order chi connectivity index (χ0) is 18.1. The van der Waals surface area contributed by atoms with Gasteiger partial charge in [0.2, 0.25) is 5.91 Å². The minimum Gasteiger partial charge on any atom is -0.303 e. The summed E-state index contributed by atoms with van der Waals surface area (Å²) in [5.41, 5.74) is -3.87. The van der Waals surface area contributed by atoms with Crippen molar-refractivity contribution in [2.24, 2.45) is 10.2 Å². The lowest BCUT2D eigenvalue weighted by molar-refractivity contribution is -0.143. The molecule has 0 spiro atoms. The molecule has 2 rings (SSSR count). The molecule has 0 atom stereocenters. The highest BCUT2D eigenvalue weighted by Gasteiger charge is 2.39. The molecule has 0 saturated carbocycles. The van der Waals surface area contributed by atoms with Gasteiger partial charge >= 0.3 is 12.4 Å². The van der Waals surface area contributed by atoms with Crippen LogP contribution in [0.4, 0.5) is 26.3 Å². The van der Waals surface area contributed by atoms with E-state index in [0.717, 1.165) is 11.8 Å². The van der Waals surface area contributed by atoms with E-state index in [1.165, 1.54) is 0 Å². The van der Waals surface area contributed by atoms with Gasteiger partial charge < -0.3 is 5.32 Å². The van der Waals surface area contributed by atoms with Gasteiger partial charge in [-0.25, -0.2) is 0 Å². The highest BCUT2D eigenvalue weighted by Crippen LogP contribution is 2.39. The van der Waals surface area contributed by atoms with Crippen LogP contribution in [0.25, 0.3) is 0 Å². The fourth-order valence-electron chi connectivity index (χ4n) is 1.67. The first-order valence-electron chi connectivity index (χ1n) is 6.00. The van der Waals surface area contributed by atoms with Gasteiger partial charge in [-0.3, -0.25) is 4.79 Å². The summed E-state index contributed by atoms with van der Waals surface area (Å²) < 4.78 is 76.9. The van der Waals surface area contributed by atoms with Crippen molar-refractivity contribution in [2.75, 3.05) is 5.75 Å². The quantitative estimate of drug-likeness (QED) is 0.473. The summed E-state index contributed by atoms with van der Waals surface area (Å²) in [5, 5.41) is 8.39. The fraction of sp³-hybridized carbons (Fsp3) is 0.250. The number of amidine groups is 1. The van der Waals surface area contributed by atoms with Crippen molar-refractivity contribution >= 4 is 40.7 Å². The molecular formula is C12H6ClF6N3OS. The lowest BCUT2D eigenvalue weighted by Crippen LogP contribution is -2.19. The molecule has 1 N–H and O–H groups in total. The third-order valence-electron chi connectivity index (χ3n) is 2.68. The monoisotopic (exact) mass is 389 g/mol. The van der Waals surface area contributed by atoms with Crippen LogP contribution in [0.15, 0.2) is 22.3 Å². The predicted molar refractivity (Wildman–Crippen MR) is 77.1 cm³/mol. The van der Waals surface area contributed by atoms with Crippen molar-refractivity contribution < 1.29 is 31.1 Å². The molecular weight excluding hydrogens is 384 g/mol. The molecule has 1 saturated heterocycles. The van der Waals surface area contributed by atoms with E-state index in [1.807, 2.05) is 0 Å². The molecule has 0 aromatic heterocycles. The number of rotatable bonds is 2. The summed E-state index contributed by atoms with van der Waals surface area (Å²) in [6.07, 6.45) is -9.47. The topological polar surface area (TPSA) is 53.8 Å². The fourth-order valence-corrected chi connectivity index (χ4v) is 2.56. The number of halogens is 7. The predicted octanol–water partition coefficient (Wildman–Crippen LogP) is 3.93. The molecule has 0 aliphatic carbocycles. The summed E-state index contributed by atoms with van der Waals surface area (Å²) in [5.74, 6) is -0.263. The normalized spacial score (nSPS) is 17.8. The number of amides is 1. The number of alkyl halides is 6. The Balaban J connectivity index is 2.43. The Morgan fingerprint density at radius 2 is 1.83 bits per heavy atom. The number of hydrogen-bond donors (Lipinski definition) is 1. The Hall–Kier alpha value is -1.75. The molecule has 0 radical (unpaired) electrons. The second kappa shape index (κ2) is 6.63. The van der Waals surface area contributed by atoms with Crippen LogP contribution in [0.3, 0.4) is 0 Å². The lowest BCUT2D eigenvalue weighted by atomic mass is 10.0. The lowest BCUT2D eigenvalue weighted by Gasteiger charge is -2.15. The van der Waals surface area contributed by atoms with E-state index in [2.05, 4.69) is 15.5 Å². The Bertz CT molecular complexity index is 729. The maximum Gasteiger partial charge on any atom is 0.417 e. The number of nitrogens with one attached hydrogen (secondary N) is 1. The number of nitrogens with zero attached hydrogens (tertiary/aromatic N) is 2. The smallest absolute Gasteiger partial charge is 0.303 e. The first-order valence-corrected chi connectivity index (χ1v) is 7.36. The highest BCUT2D eigenvalue weighted by atomic mass is 35.5. The van der Waals surface area contributed by atoms with E-state index in [1.54, 1.807) is 0 Å². The van der Waals surface area contributed by atoms with E-state index in [0.29, 0.717) is 12.3 Å². The van der Waals surface area contributed by atoms with Gasteiger partial charge in [0, 0.05) is 5.56 Å². The van der Waals surface area contributed by atoms with E-state index < -0.39 is 34.1 Å². The largest absolute Gasteiger partial charge is 0.417 e. The summed E-state index contributed by atoms with van der Waals surface area (Å²) in [4.78, 5) is 10.9. The van der Waals surface area contributed by atoms with Gasteiger partial charge in [0.05, 0.1) is 28.1 Å². The van der Waals surface area contributed by atoms with Crippen molar-refractivity contribution in [2.45, 2.75) is 12.4 Å². The van der Waals surface area contributed by atoms with Gasteiger partial charge in [0.15, 0.2) is 5.17 Å². The second-order valence-electron chi connectivity index (χ2n) is 4.40. The third-order valence-corrected chi connectivity index (χ3v) is 3.86. The minimum atomic E-state index is -5.07. The molecule has 1 aromatic rings. The molecule has 1 aliphatic heterocycles. The molecule has 4 nitrogen and oxygen atoms in total. The van der Waals surface area contributed by atoms with Crippen LogP contribution in [-0.4, -0.2) is 23.0 Å². The highest BCUT2D eigenvalue weighted by molar-refractivity contribution is 8.15. The second-order valence-corrected chi connectivity index (χ2v) is 5.77. The van der Waals surface area contributed by atoms with Crippen LogP contribution in [0.2, 0.25) is 5.02 Å². The maximum absolute atomic E-state index is 13.0. The van der Waals surface area contributed by atoms with Crippen molar-refractivity contribution in [3.8, 4) is 0 Å². The SMILES string of the molecule is O=C1CSC(=NN=Cc2c(Cl)cc(C(F)(F)F)cc2C(F)(F)F)N1. The van der Waals surface area contributed by atoms with E-state index in [9.17, 15) is 31.1 Å². The van der Waals surface area contributed by atoms with Gasteiger partial charge in [-0.1, -0.05) is 23.4 Å². The zero-order valence-electron chi connectivity index (χ0n) is 11.3. The van der Waals surface area contributed by atoms with E-state index >= 15 is 0 Å². The number of carbonyl (C=O) groups is 1. The number of carbonyl (C=O) groups excluding carboxylic acids is 1. The van der Waals surface area contributed by atoms with E-state index in [-0.39, 0.29) is 22.9 Å². The Morgan fingerprint density at radius 1 is 1.17 bits per heavy atom. The summed E-state index contributed by atoms with van der Waals surface area (Å²) >= 11 is 6.53. The third kappa shape index (κ3) is 4.41. The van der Waals surface area contributed by atoms with Crippen LogP contribution in [0, 0.1) is 0 Å². The molecule has 0 unspecified atom stereocenters. The summed E-state index contributed by atoms with van der Waals surface area (Å²) in [6.45, 7) is 0. The van der Waals surface area contributed by atoms with Crippen LogP contribution in [0.5, 0.6) is 0 Å². The van der Waals surface area contributed by atoms with Crippen molar-refractivity contribution in [1.82, 2.24) is 5.32 Å². The first kappa shape index (κ1) is 18.6. The molecule has 1 fully saturated rings. The average molecular weight is 390 g/mol. The molecule has 130 valence electrons. The van der Waals surface area contributed by atoms with Crippen LogP contribution < -0.4 is 5.32 Å². The van der Waals surface area contributed by atoms with Gasteiger partial charge in [-0.2, -0.15) is 31.4 Å². The van der Waals surface area contributed by atoms with Crippen LogP contribution >= 0.6 is 23.4 Å². The number of benzene rings is 1. The first-order chi connectivity index (χ1) is 11.0. The average Bonchev–Trinajstić information content (AvgIpc) is 2.83. The van der Waals surface area contributed by atoms with Crippen molar-refractivity contribution in [3.05, 3.63) is 33.8 Å². The van der Waals surface area contributed by atoms with Gasteiger partial charge in [0.1, 0.15) is 0 Å². The molecule has 1 aromatic carbocycles. The molecule has 1 heterocycles. The standard InChI is InChI=1S/C12H6ClF6N3OS/c13-8-2-5(11(14,15)16)1-7(12(17,18)19)6(8)3-20-22-10-21-9(23)4-24-10/h1-3H,4H2,(H,21,22,23). The molecule has 24 heavy (non-hydrogen) atoms. The zero-order valence-corrected chi connectivity index (χ0v) is 12.9. The molecule has 1 amide bonds. The van der Waals surface area contributed by atoms with Crippen LogP contribution in [-0.2, 0) is 17.1 Å². The van der Waals surface area contributed by atoms with Crippen molar-refractivity contribution in [3.63, 3.8) is 0 Å². The molecule has 1 aliphatic rings. The Labute approximate surface area is 140 Å². The number of hydrogen-bond acceptors (Lipinski definition) is 4. The Morgan fingerprint density at radius 3 is 2.33 bits per heavy atom. The summed E-state index contributed by atoms with van der Waals surface area (Å²) in [7, 11) is 0. The molecule has 12 heteroatoms. The van der Waals surface area contributed by atoms with Crippen LogP contribution in [0.1, 0.15) is 16.7 Å². The summed E-state index contributed by atoms with van der Waals surface area (Å²) in [6, 6.07) is 0.323. The van der Waals surface area contributed by atoms with Gasteiger partial charge in [-0.15, -0.1) is 5.10 Å². The van der Waals surface area contributed by atoms with E-state index in [4.69, 9.17) is 11.6 Å². The van der Waals surface area contributed by atoms with Crippen molar-refractivity contribution in [1.29, 1.82) is 0 Å². The van der Waals surface area contributed by atoms with Gasteiger partial charge in [0.25, 0.3) is 0 Å². The Kier molecular flexibility index (Phi) is 5.14. The minimum absolute atomic E-state index is 0.0491. The van der Waals surface area contributed by atoms with Gasteiger partial charge in [-0.05, 0) is 12.1 Å². The number of thioether (sulfide) groups is 1.